The lowest BCUT2D eigenvalue weighted by molar-refractivity contribution is 0.251. The minimum absolute atomic E-state index is 0.653. The average Bonchev–Trinajstić information content (AvgIpc) is 2.85. The van der Waals surface area contributed by atoms with Crippen molar-refractivity contribution in [2.24, 2.45) is 0 Å². The molecule has 1 N–H and O–H groups in total. The fourth-order valence-electron chi connectivity index (χ4n) is 2.37. The Bertz CT molecular complexity index is 348. The third-order valence-electron chi connectivity index (χ3n) is 3.48. The second kappa shape index (κ2) is 6.53. The van der Waals surface area contributed by atoms with Gasteiger partial charge in [0, 0.05) is 23.6 Å². The summed E-state index contributed by atoms with van der Waals surface area (Å²) in [5.41, 5.74) is 1.33. The quantitative estimate of drug-likeness (QED) is 0.898. The van der Waals surface area contributed by atoms with E-state index in [2.05, 4.69) is 57.3 Å². The molecule has 1 aliphatic heterocycles. The van der Waals surface area contributed by atoms with Crippen molar-refractivity contribution in [2.45, 2.75) is 32.4 Å². The van der Waals surface area contributed by atoms with Crippen LogP contribution in [0.2, 0.25) is 0 Å². The van der Waals surface area contributed by atoms with Crippen molar-refractivity contribution in [1.82, 2.24) is 10.2 Å². The van der Waals surface area contributed by atoms with Crippen molar-refractivity contribution in [3.8, 4) is 0 Å². The number of nitrogens with zero attached hydrogens (tertiary/aromatic N) is 1. The molecule has 94 valence electrons. The summed E-state index contributed by atoms with van der Waals surface area (Å²) in [5.74, 6) is 0. The topological polar surface area (TPSA) is 15.3 Å². The standard InChI is InChI=1S/C14H21BrN2/c1-12(17-8-4-5-9-17)10-16-11-13-6-2-3-7-14(13)15/h2-3,6-7,12,16H,4-5,8-11H2,1H3. The van der Waals surface area contributed by atoms with E-state index in [9.17, 15) is 0 Å². The van der Waals surface area contributed by atoms with Crippen LogP contribution < -0.4 is 5.32 Å². The zero-order valence-corrected chi connectivity index (χ0v) is 12.0. The number of hydrogen-bond acceptors (Lipinski definition) is 2. The molecule has 0 aromatic heterocycles. The van der Waals surface area contributed by atoms with Gasteiger partial charge in [0.2, 0.25) is 0 Å². The normalized spacial score (nSPS) is 18.5. The van der Waals surface area contributed by atoms with E-state index in [1.54, 1.807) is 0 Å². The third kappa shape index (κ3) is 3.80. The molecule has 17 heavy (non-hydrogen) atoms. The molecule has 0 spiro atoms. The fourth-order valence-corrected chi connectivity index (χ4v) is 2.79. The van der Waals surface area contributed by atoms with Crippen LogP contribution in [0.15, 0.2) is 28.7 Å². The summed E-state index contributed by atoms with van der Waals surface area (Å²) in [5, 5.41) is 3.55. The number of benzene rings is 1. The van der Waals surface area contributed by atoms with Gasteiger partial charge in [-0.05, 0) is 44.5 Å². The first-order valence-electron chi connectivity index (χ1n) is 6.45. The predicted molar refractivity (Wildman–Crippen MR) is 76.1 cm³/mol. The van der Waals surface area contributed by atoms with Gasteiger partial charge in [-0.1, -0.05) is 34.1 Å². The molecule has 1 heterocycles. The third-order valence-corrected chi connectivity index (χ3v) is 4.25. The first kappa shape index (κ1) is 13.1. The lowest BCUT2D eigenvalue weighted by Gasteiger charge is -2.24. The first-order chi connectivity index (χ1) is 8.27. The van der Waals surface area contributed by atoms with Crippen molar-refractivity contribution in [3.05, 3.63) is 34.3 Å². The molecular weight excluding hydrogens is 276 g/mol. The summed E-state index contributed by atoms with van der Waals surface area (Å²) < 4.78 is 1.20. The highest BCUT2D eigenvalue weighted by Gasteiger charge is 2.17. The Morgan fingerprint density at radius 2 is 2.00 bits per heavy atom. The van der Waals surface area contributed by atoms with Crippen molar-refractivity contribution in [3.63, 3.8) is 0 Å². The van der Waals surface area contributed by atoms with Gasteiger partial charge in [-0.3, -0.25) is 4.90 Å². The molecule has 0 saturated carbocycles. The molecule has 1 aromatic carbocycles. The highest BCUT2D eigenvalue weighted by molar-refractivity contribution is 9.10. The van der Waals surface area contributed by atoms with Crippen LogP contribution in [0.25, 0.3) is 0 Å². The van der Waals surface area contributed by atoms with E-state index in [1.807, 2.05) is 0 Å². The van der Waals surface area contributed by atoms with Crippen molar-refractivity contribution in [1.29, 1.82) is 0 Å². The number of halogens is 1. The van der Waals surface area contributed by atoms with Crippen LogP contribution in [0.4, 0.5) is 0 Å². The van der Waals surface area contributed by atoms with Crippen molar-refractivity contribution >= 4 is 15.9 Å². The van der Waals surface area contributed by atoms with Gasteiger partial charge in [-0.15, -0.1) is 0 Å². The van der Waals surface area contributed by atoms with Crippen molar-refractivity contribution in [2.75, 3.05) is 19.6 Å². The van der Waals surface area contributed by atoms with E-state index in [-0.39, 0.29) is 0 Å². The number of rotatable bonds is 5. The van der Waals surface area contributed by atoms with Gasteiger partial charge in [0.15, 0.2) is 0 Å². The van der Waals surface area contributed by atoms with E-state index < -0.39 is 0 Å². The molecule has 1 fully saturated rings. The minimum Gasteiger partial charge on any atom is -0.311 e. The van der Waals surface area contributed by atoms with Gasteiger partial charge in [0.05, 0.1) is 0 Å². The lowest BCUT2D eigenvalue weighted by atomic mass is 10.2. The monoisotopic (exact) mass is 296 g/mol. The van der Waals surface area contributed by atoms with E-state index in [0.717, 1.165) is 13.1 Å². The van der Waals surface area contributed by atoms with Crippen LogP contribution in [0.5, 0.6) is 0 Å². The molecule has 2 nitrogen and oxygen atoms in total. The Morgan fingerprint density at radius 3 is 2.71 bits per heavy atom. The molecule has 0 aliphatic carbocycles. The summed E-state index contributed by atoms with van der Waals surface area (Å²) in [6.45, 7) is 6.88. The van der Waals surface area contributed by atoms with Crippen LogP contribution in [0.3, 0.4) is 0 Å². The number of likely N-dealkylation sites (tertiary alicyclic amines) is 1. The summed E-state index contributed by atoms with van der Waals surface area (Å²) in [7, 11) is 0. The second-order valence-corrected chi connectivity index (χ2v) is 5.67. The molecule has 1 atom stereocenters. The minimum atomic E-state index is 0.653. The largest absolute Gasteiger partial charge is 0.311 e. The second-order valence-electron chi connectivity index (χ2n) is 4.81. The van der Waals surface area contributed by atoms with Crippen LogP contribution in [0.1, 0.15) is 25.3 Å². The van der Waals surface area contributed by atoms with Crippen molar-refractivity contribution < 1.29 is 0 Å². The zero-order chi connectivity index (χ0) is 12.1. The molecule has 1 aliphatic rings. The average molecular weight is 297 g/mol. The zero-order valence-electron chi connectivity index (χ0n) is 10.5. The van der Waals surface area contributed by atoms with Crippen LogP contribution in [0, 0.1) is 0 Å². The van der Waals surface area contributed by atoms with E-state index in [0.29, 0.717) is 6.04 Å². The molecule has 0 radical (unpaired) electrons. The van der Waals surface area contributed by atoms with Crippen LogP contribution in [-0.2, 0) is 6.54 Å². The van der Waals surface area contributed by atoms with Gasteiger partial charge in [0.25, 0.3) is 0 Å². The Kier molecular flexibility index (Phi) is 5.01. The lowest BCUT2D eigenvalue weighted by Crippen LogP contribution is -2.38. The fraction of sp³-hybridized carbons (Fsp3) is 0.571. The molecule has 1 saturated heterocycles. The Hall–Kier alpha value is -0.380. The summed E-state index contributed by atoms with van der Waals surface area (Å²) >= 11 is 3.58. The van der Waals surface area contributed by atoms with E-state index in [1.165, 1.54) is 36.0 Å². The maximum absolute atomic E-state index is 3.58. The molecule has 0 amide bonds. The molecule has 1 unspecified atom stereocenters. The van der Waals surface area contributed by atoms with Gasteiger partial charge in [-0.2, -0.15) is 0 Å². The molecule has 1 aromatic rings. The van der Waals surface area contributed by atoms with Gasteiger partial charge >= 0.3 is 0 Å². The Balaban J connectivity index is 1.74. The SMILES string of the molecule is CC(CNCc1ccccc1Br)N1CCCC1. The number of hydrogen-bond donors (Lipinski definition) is 1. The molecule has 0 bridgehead atoms. The predicted octanol–water partition coefficient (Wildman–Crippen LogP) is 3.02. The highest BCUT2D eigenvalue weighted by atomic mass is 79.9. The molecule has 3 heteroatoms. The Labute approximate surface area is 113 Å². The first-order valence-corrected chi connectivity index (χ1v) is 7.25. The van der Waals surface area contributed by atoms with Crippen LogP contribution in [-0.4, -0.2) is 30.6 Å². The van der Waals surface area contributed by atoms with E-state index in [4.69, 9.17) is 0 Å². The van der Waals surface area contributed by atoms with Gasteiger partial charge in [-0.25, -0.2) is 0 Å². The maximum atomic E-state index is 3.58. The maximum Gasteiger partial charge on any atom is 0.0220 e. The van der Waals surface area contributed by atoms with Gasteiger partial charge in [0.1, 0.15) is 0 Å². The summed E-state index contributed by atoms with van der Waals surface area (Å²) in [6.07, 6.45) is 2.74. The smallest absolute Gasteiger partial charge is 0.0220 e. The summed E-state index contributed by atoms with van der Waals surface area (Å²) in [6, 6.07) is 9.06. The number of nitrogens with one attached hydrogen (secondary N) is 1. The van der Waals surface area contributed by atoms with E-state index >= 15 is 0 Å². The molecular formula is C14H21BrN2. The van der Waals surface area contributed by atoms with Crippen LogP contribution >= 0.6 is 15.9 Å². The van der Waals surface area contributed by atoms with Gasteiger partial charge < -0.3 is 5.32 Å². The Morgan fingerprint density at radius 1 is 1.29 bits per heavy atom. The molecule has 2 rings (SSSR count). The highest BCUT2D eigenvalue weighted by Crippen LogP contribution is 2.15. The summed E-state index contributed by atoms with van der Waals surface area (Å²) in [4.78, 5) is 2.58.